The van der Waals surface area contributed by atoms with Gasteiger partial charge in [-0.2, -0.15) is 0 Å². The molecule has 0 fully saturated rings. The molecular formula is C25H24ClN3O3. The number of para-hydroxylation sites is 2. The molecule has 3 aromatic carbocycles. The number of carbonyl (C=O) groups excluding carboxylic acids is 3. The molecule has 0 heterocycles. The molecule has 0 aromatic heterocycles. The second kappa shape index (κ2) is 10.6. The van der Waals surface area contributed by atoms with Crippen LogP contribution in [0.25, 0.3) is 0 Å². The number of halogens is 1. The Kier molecular flexibility index (Phi) is 7.63. The number of hydrogen-bond donors (Lipinski definition) is 3. The maximum Gasteiger partial charge on any atom is 0.255 e. The Morgan fingerprint density at radius 3 is 1.91 bits per heavy atom. The van der Waals surface area contributed by atoms with Crippen LogP contribution in [-0.2, 0) is 4.79 Å². The SMILES string of the molecule is CC(C)C(NC(=O)c1ccccc1Cl)C(=O)Nc1ccccc1NC(=O)c1ccccc1. The topological polar surface area (TPSA) is 87.3 Å². The summed E-state index contributed by atoms with van der Waals surface area (Å²) in [6, 6.07) is 21.5. The molecule has 0 bridgehead atoms. The maximum atomic E-state index is 13.0. The normalized spacial score (nSPS) is 11.5. The third-order valence-corrected chi connectivity index (χ3v) is 5.15. The molecule has 32 heavy (non-hydrogen) atoms. The predicted octanol–water partition coefficient (Wildman–Crippen LogP) is 4.99. The van der Waals surface area contributed by atoms with E-state index in [2.05, 4.69) is 16.0 Å². The van der Waals surface area contributed by atoms with Crippen molar-refractivity contribution in [1.29, 1.82) is 0 Å². The lowest BCUT2D eigenvalue weighted by molar-refractivity contribution is -0.118. The number of anilines is 2. The average molecular weight is 450 g/mol. The minimum Gasteiger partial charge on any atom is -0.340 e. The molecule has 0 aliphatic carbocycles. The van der Waals surface area contributed by atoms with Gasteiger partial charge < -0.3 is 16.0 Å². The van der Waals surface area contributed by atoms with E-state index in [9.17, 15) is 14.4 Å². The molecule has 1 unspecified atom stereocenters. The molecular weight excluding hydrogens is 426 g/mol. The molecule has 0 aliphatic heterocycles. The lowest BCUT2D eigenvalue weighted by Gasteiger charge is -2.23. The van der Waals surface area contributed by atoms with Gasteiger partial charge in [-0.3, -0.25) is 14.4 Å². The van der Waals surface area contributed by atoms with Crippen LogP contribution in [0.5, 0.6) is 0 Å². The second-order valence-electron chi connectivity index (χ2n) is 7.53. The highest BCUT2D eigenvalue weighted by Crippen LogP contribution is 2.23. The smallest absolute Gasteiger partial charge is 0.255 e. The number of rotatable bonds is 7. The van der Waals surface area contributed by atoms with E-state index in [1.54, 1.807) is 72.8 Å². The Bertz CT molecular complexity index is 1120. The molecule has 0 radical (unpaired) electrons. The molecule has 6 nitrogen and oxygen atoms in total. The minimum atomic E-state index is -0.809. The van der Waals surface area contributed by atoms with Crippen LogP contribution < -0.4 is 16.0 Å². The molecule has 3 rings (SSSR count). The third-order valence-electron chi connectivity index (χ3n) is 4.82. The van der Waals surface area contributed by atoms with Crippen LogP contribution >= 0.6 is 11.6 Å². The van der Waals surface area contributed by atoms with Crippen LogP contribution in [0.3, 0.4) is 0 Å². The summed E-state index contributed by atoms with van der Waals surface area (Å²) in [6.07, 6.45) is 0. The monoisotopic (exact) mass is 449 g/mol. The van der Waals surface area contributed by atoms with Gasteiger partial charge in [-0.15, -0.1) is 0 Å². The summed E-state index contributed by atoms with van der Waals surface area (Å²) in [6.45, 7) is 3.67. The van der Waals surface area contributed by atoms with E-state index in [0.29, 0.717) is 27.5 Å². The molecule has 3 aromatic rings. The van der Waals surface area contributed by atoms with Crippen LogP contribution in [-0.4, -0.2) is 23.8 Å². The van der Waals surface area contributed by atoms with Crippen LogP contribution in [0.4, 0.5) is 11.4 Å². The number of carbonyl (C=O) groups is 3. The van der Waals surface area contributed by atoms with Crippen LogP contribution in [0.2, 0.25) is 5.02 Å². The summed E-state index contributed by atoms with van der Waals surface area (Å²) in [4.78, 5) is 38.3. The summed E-state index contributed by atoms with van der Waals surface area (Å²) in [5.74, 6) is -1.32. The van der Waals surface area contributed by atoms with Gasteiger partial charge in [0, 0.05) is 5.56 Å². The number of benzene rings is 3. The van der Waals surface area contributed by atoms with Gasteiger partial charge in [-0.25, -0.2) is 0 Å². The molecule has 3 amide bonds. The summed E-state index contributed by atoms with van der Waals surface area (Å²) >= 11 is 6.11. The van der Waals surface area contributed by atoms with Crippen molar-refractivity contribution in [2.75, 3.05) is 10.6 Å². The second-order valence-corrected chi connectivity index (χ2v) is 7.94. The fraction of sp³-hybridized carbons (Fsp3) is 0.160. The van der Waals surface area contributed by atoms with Crippen LogP contribution in [0, 0.1) is 5.92 Å². The zero-order valence-electron chi connectivity index (χ0n) is 17.8. The Labute approximate surface area is 192 Å². The van der Waals surface area contributed by atoms with Gasteiger partial charge in [0.25, 0.3) is 11.8 Å². The number of amides is 3. The van der Waals surface area contributed by atoms with E-state index in [0.717, 1.165) is 0 Å². The van der Waals surface area contributed by atoms with Crippen LogP contribution in [0.15, 0.2) is 78.9 Å². The van der Waals surface area contributed by atoms with E-state index in [1.165, 1.54) is 0 Å². The molecule has 3 N–H and O–H groups in total. The molecule has 0 spiro atoms. The van der Waals surface area contributed by atoms with Crippen molar-refractivity contribution in [1.82, 2.24) is 5.32 Å². The highest BCUT2D eigenvalue weighted by molar-refractivity contribution is 6.33. The van der Waals surface area contributed by atoms with E-state index < -0.39 is 17.9 Å². The fourth-order valence-corrected chi connectivity index (χ4v) is 3.32. The van der Waals surface area contributed by atoms with Crippen LogP contribution in [0.1, 0.15) is 34.6 Å². The molecule has 0 aliphatic rings. The minimum absolute atomic E-state index is 0.187. The summed E-state index contributed by atoms with van der Waals surface area (Å²) in [7, 11) is 0. The number of hydrogen-bond acceptors (Lipinski definition) is 3. The first kappa shape index (κ1) is 23.0. The van der Waals surface area contributed by atoms with E-state index in [4.69, 9.17) is 11.6 Å². The number of nitrogens with one attached hydrogen (secondary N) is 3. The first-order valence-electron chi connectivity index (χ1n) is 10.2. The third kappa shape index (κ3) is 5.74. The zero-order chi connectivity index (χ0) is 23.1. The summed E-state index contributed by atoms with van der Waals surface area (Å²) < 4.78 is 0. The lowest BCUT2D eigenvalue weighted by atomic mass is 10.0. The van der Waals surface area contributed by atoms with Gasteiger partial charge in [-0.05, 0) is 42.3 Å². The highest BCUT2D eigenvalue weighted by atomic mass is 35.5. The van der Waals surface area contributed by atoms with Gasteiger partial charge in [0.15, 0.2) is 0 Å². The van der Waals surface area contributed by atoms with E-state index in [-0.39, 0.29) is 11.8 Å². The van der Waals surface area contributed by atoms with Gasteiger partial charge in [0.2, 0.25) is 5.91 Å². The van der Waals surface area contributed by atoms with Crippen molar-refractivity contribution >= 4 is 40.7 Å². The molecule has 1 atom stereocenters. The zero-order valence-corrected chi connectivity index (χ0v) is 18.5. The Balaban J connectivity index is 1.75. The Hall–Kier alpha value is -3.64. The average Bonchev–Trinajstić information content (AvgIpc) is 2.79. The van der Waals surface area contributed by atoms with Crippen molar-refractivity contribution in [3.05, 3.63) is 95.0 Å². The van der Waals surface area contributed by atoms with Crippen molar-refractivity contribution < 1.29 is 14.4 Å². The van der Waals surface area contributed by atoms with Crippen molar-refractivity contribution in [2.45, 2.75) is 19.9 Å². The molecule has 0 saturated heterocycles. The van der Waals surface area contributed by atoms with Gasteiger partial charge in [0.1, 0.15) is 6.04 Å². The first-order valence-corrected chi connectivity index (χ1v) is 10.6. The summed E-state index contributed by atoms with van der Waals surface area (Å²) in [5.41, 5.74) is 1.68. The fourth-order valence-electron chi connectivity index (χ4n) is 3.09. The van der Waals surface area contributed by atoms with Crippen molar-refractivity contribution in [3.8, 4) is 0 Å². The predicted molar refractivity (Wildman–Crippen MR) is 127 cm³/mol. The largest absolute Gasteiger partial charge is 0.340 e. The quantitative estimate of drug-likeness (QED) is 0.475. The Morgan fingerprint density at radius 2 is 1.28 bits per heavy atom. The standard InChI is InChI=1S/C25H24ClN3O3/c1-16(2)22(29-24(31)18-12-6-7-13-19(18)26)25(32)28-21-15-9-8-14-20(21)27-23(30)17-10-4-3-5-11-17/h3-16,22H,1-2H3,(H,27,30)(H,28,32)(H,29,31). The molecule has 164 valence electrons. The van der Waals surface area contributed by atoms with Gasteiger partial charge >= 0.3 is 0 Å². The van der Waals surface area contributed by atoms with Crippen molar-refractivity contribution in [2.24, 2.45) is 5.92 Å². The lowest BCUT2D eigenvalue weighted by Crippen LogP contribution is -2.47. The van der Waals surface area contributed by atoms with E-state index >= 15 is 0 Å². The maximum absolute atomic E-state index is 13.0. The van der Waals surface area contributed by atoms with E-state index in [1.807, 2.05) is 19.9 Å². The Morgan fingerprint density at radius 1 is 0.719 bits per heavy atom. The van der Waals surface area contributed by atoms with Crippen molar-refractivity contribution in [3.63, 3.8) is 0 Å². The summed E-state index contributed by atoms with van der Waals surface area (Å²) in [5, 5.41) is 8.70. The highest BCUT2D eigenvalue weighted by Gasteiger charge is 2.26. The van der Waals surface area contributed by atoms with Gasteiger partial charge in [0.05, 0.1) is 22.0 Å². The first-order chi connectivity index (χ1) is 15.4. The molecule has 0 saturated carbocycles. The molecule has 7 heteroatoms. The van der Waals surface area contributed by atoms with Gasteiger partial charge in [-0.1, -0.05) is 67.9 Å².